The molecule has 2 heterocycles. The predicted octanol–water partition coefficient (Wildman–Crippen LogP) is 0.826. The van der Waals surface area contributed by atoms with Gasteiger partial charge in [0, 0.05) is 31.2 Å². The third kappa shape index (κ3) is 3.33. The minimum Gasteiger partial charge on any atom is -0.472 e. The van der Waals surface area contributed by atoms with Gasteiger partial charge >= 0.3 is 0 Å². The maximum atomic E-state index is 9.05. The van der Waals surface area contributed by atoms with Gasteiger partial charge in [0.15, 0.2) is 0 Å². The maximum Gasteiger partial charge on any atom is 0.0947 e. The van der Waals surface area contributed by atoms with Gasteiger partial charge in [-0.1, -0.05) is 0 Å². The second-order valence-corrected chi connectivity index (χ2v) is 4.38. The van der Waals surface area contributed by atoms with Crippen LogP contribution in [0, 0.1) is 0 Å². The quantitative estimate of drug-likeness (QED) is 0.751. The Morgan fingerprint density at radius 2 is 2.50 bits per heavy atom. The van der Waals surface area contributed by atoms with E-state index in [0.717, 1.165) is 26.2 Å². The Labute approximate surface area is 96.2 Å². The second kappa shape index (κ2) is 6.03. The van der Waals surface area contributed by atoms with Crippen molar-refractivity contribution in [1.29, 1.82) is 0 Å². The molecule has 0 spiro atoms. The SMILES string of the molecule is OCCN(Cc1ccoc1)CC1CCCN1. The van der Waals surface area contributed by atoms with Gasteiger partial charge in [-0.15, -0.1) is 0 Å². The van der Waals surface area contributed by atoms with Crippen LogP contribution in [0.25, 0.3) is 0 Å². The number of hydrogen-bond acceptors (Lipinski definition) is 4. The molecule has 1 fully saturated rings. The largest absolute Gasteiger partial charge is 0.472 e. The lowest BCUT2D eigenvalue weighted by Crippen LogP contribution is -2.38. The molecule has 4 nitrogen and oxygen atoms in total. The van der Waals surface area contributed by atoms with Crippen molar-refractivity contribution in [2.75, 3.05) is 26.2 Å². The van der Waals surface area contributed by atoms with E-state index >= 15 is 0 Å². The molecule has 4 heteroatoms. The summed E-state index contributed by atoms with van der Waals surface area (Å²) in [6.07, 6.45) is 5.98. The van der Waals surface area contributed by atoms with Gasteiger partial charge in [0.05, 0.1) is 19.1 Å². The molecule has 0 bridgehead atoms. The fourth-order valence-electron chi connectivity index (χ4n) is 2.24. The van der Waals surface area contributed by atoms with Crippen LogP contribution in [0.15, 0.2) is 23.0 Å². The van der Waals surface area contributed by atoms with Gasteiger partial charge in [0.2, 0.25) is 0 Å². The average molecular weight is 224 g/mol. The molecule has 0 amide bonds. The molecule has 0 radical (unpaired) electrons. The fraction of sp³-hybridized carbons (Fsp3) is 0.667. The van der Waals surface area contributed by atoms with Gasteiger partial charge in [0.1, 0.15) is 0 Å². The van der Waals surface area contributed by atoms with Crippen molar-refractivity contribution in [2.24, 2.45) is 0 Å². The van der Waals surface area contributed by atoms with Crippen LogP contribution in [0.1, 0.15) is 18.4 Å². The molecule has 1 atom stereocenters. The Bertz CT molecular complexity index is 281. The molecule has 16 heavy (non-hydrogen) atoms. The number of furan rings is 1. The van der Waals surface area contributed by atoms with E-state index in [1.807, 2.05) is 6.07 Å². The molecular weight excluding hydrogens is 204 g/mol. The zero-order valence-electron chi connectivity index (χ0n) is 9.56. The minimum atomic E-state index is 0.213. The topological polar surface area (TPSA) is 48.6 Å². The lowest BCUT2D eigenvalue weighted by Gasteiger charge is -2.24. The first-order valence-electron chi connectivity index (χ1n) is 5.96. The monoisotopic (exact) mass is 224 g/mol. The number of nitrogens with zero attached hydrogens (tertiary/aromatic N) is 1. The summed E-state index contributed by atoms with van der Waals surface area (Å²) >= 11 is 0. The van der Waals surface area contributed by atoms with Gasteiger partial charge in [0.25, 0.3) is 0 Å². The predicted molar refractivity (Wildman–Crippen MR) is 62.1 cm³/mol. The molecule has 0 aliphatic carbocycles. The summed E-state index contributed by atoms with van der Waals surface area (Å²) in [4.78, 5) is 2.27. The van der Waals surface area contributed by atoms with Crippen LogP contribution in [-0.4, -0.2) is 42.3 Å². The van der Waals surface area contributed by atoms with Crippen molar-refractivity contribution < 1.29 is 9.52 Å². The van der Waals surface area contributed by atoms with Gasteiger partial charge in [-0.2, -0.15) is 0 Å². The number of aliphatic hydroxyl groups is 1. The molecule has 1 aliphatic heterocycles. The van der Waals surface area contributed by atoms with E-state index in [1.165, 1.54) is 18.4 Å². The van der Waals surface area contributed by atoms with E-state index in [1.54, 1.807) is 12.5 Å². The third-order valence-corrected chi connectivity index (χ3v) is 3.04. The lowest BCUT2D eigenvalue weighted by atomic mass is 10.2. The third-order valence-electron chi connectivity index (χ3n) is 3.04. The first-order valence-corrected chi connectivity index (χ1v) is 5.96. The first kappa shape index (κ1) is 11.6. The zero-order valence-corrected chi connectivity index (χ0v) is 9.56. The molecule has 1 aromatic rings. The van der Waals surface area contributed by atoms with Gasteiger partial charge in [-0.25, -0.2) is 0 Å². The standard InChI is InChI=1S/C12H20N2O2/c15-6-5-14(8-11-3-7-16-10-11)9-12-2-1-4-13-12/h3,7,10,12-13,15H,1-2,4-6,8-9H2. The van der Waals surface area contributed by atoms with E-state index in [9.17, 15) is 0 Å². The highest BCUT2D eigenvalue weighted by Gasteiger charge is 2.17. The average Bonchev–Trinajstić information content (AvgIpc) is 2.91. The maximum absolute atomic E-state index is 9.05. The number of nitrogens with one attached hydrogen (secondary N) is 1. The van der Waals surface area contributed by atoms with E-state index in [4.69, 9.17) is 9.52 Å². The number of hydrogen-bond donors (Lipinski definition) is 2. The molecule has 0 aromatic carbocycles. The van der Waals surface area contributed by atoms with Crippen LogP contribution in [-0.2, 0) is 6.54 Å². The highest BCUT2D eigenvalue weighted by molar-refractivity contribution is 5.05. The molecule has 90 valence electrons. The molecule has 0 saturated carbocycles. The highest BCUT2D eigenvalue weighted by Crippen LogP contribution is 2.10. The van der Waals surface area contributed by atoms with Crippen LogP contribution >= 0.6 is 0 Å². The van der Waals surface area contributed by atoms with Crippen molar-refractivity contribution in [3.63, 3.8) is 0 Å². The smallest absolute Gasteiger partial charge is 0.0947 e. The van der Waals surface area contributed by atoms with Gasteiger partial charge < -0.3 is 14.8 Å². The number of aliphatic hydroxyl groups excluding tert-OH is 1. The normalized spacial score (nSPS) is 20.8. The summed E-state index contributed by atoms with van der Waals surface area (Å²) in [5.41, 5.74) is 1.17. The van der Waals surface area contributed by atoms with Crippen LogP contribution in [0.3, 0.4) is 0 Å². The van der Waals surface area contributed by atoms with Crippen molar-refractivity contribution in [1.82, 2.24) is 10.2 Å². The van der Waals surface area contributed by atoms with Gasteiger partial charge in [-0.05, 0) is 25.5 Å². The molecule has 1 unspecified atom stereocenters. The van der Waals surface area contributed by atoms with Gasteiger partial charge in [-0.3, -0.25) is 4.90 Å². The van der Waals surface area contributed by atoms with Crippen LogP contribution in [0.5, 0.6) is 0 Å². The molecule has 1 aliphatic rings. The Hall–Kier alpha value is -0.840. The summed E-state index contributed by atoms with van der Waals surface area (Å²) in [5.74, 6) is 0. The highest BCUT2D eigenvalue weighted by atomic mass is 16.3. The summed E-state index contributed by atoms with van der Waals surface area (Å²) < 4.78 is 5.06. The Balaban J connectivity index is 1.83. The molecule has 1 aromatic heterocycles. The van der Waals surface area contributed by atoms with Crippen LogP contribution in [0.4, 0.5) is 0 Å². The van der Waals surface area contributed by atoms with E-state index in [2.05, 4.69) is 10.2 Å². The Kier molecular flexibility index (Phi) is 4.39. The number of rotatable bonds is 6. The Morgan fingerprint density at radius 1 is 1.56 bits per heavy atom. The zero-order chi connectivity index (χ0) is 11.2. The fourth-order valence-corrected chi connectivity index (χ4v) is 2.24. The Morgan fingerprint density at radius 3 is 3.12 bits per heavy atom. The van der Waals surface area contributed by atoms with Crippen molar-refractivity contribution in [3.05, 3.63) is 24.2 Å². The summed E-state index contributed by atoms with van der Waals surface area (Å²) in [6.45, 7) is 3.93. The summed E-state index contributed by atoms with van der Waals surface area (Å²) in [6, 6.07) is 2.56. The van der Waals surface area contributed by atoms with Crippen LogP contribution < -0.4 is 5.32 Å². The van der Waals surface area contributed by atoms with Crippen molar-refractivity contribution in [3.8, 4) is 0 Å². The molecular formula is C12H20N2O2. The molecule has 2 N–H and O–H groups in total. The van der Waals surface area contributed by atoms with Crippen molar-refractivity contribution >= 4 is 0 Å². The summed E-state index contributed by atoms with van der Waals surface area (Å²) in [5, 5.41) is 12.5. The van der Waals surface area contributed by atoms with Crippen LogP contribution in [0.2, 0.25) is 0 Å². The minimum absolute atomic E-state index is 0.213. The summed E-state index contributed by atoms with van der Waals surface area (Å²) in [7, 11) is 0. The molecule has 1 saturated heterocycles. The van der Waals surface area contributed by atoms with E-state index in [0.29, 0.717) is 6.04 Å². The van der Waals surface area contributed by atoms with E-state index in [-0.39, 0.29) is 6.61 Å². The van der Waals surface area contributed by atoms with Crippen molar-refractivity contribution in [2.45, 2.75) is 25.4 Å². The first-order chi connectivity index (χ1) is 7.88. The lowest BCUT2D eigenvalue weighted by molar-refractivity contribution is 0.179. The molecule has 2 rings (SSSR count). The van der Waals surface area contributed by atoms with E-state index < -0.39 is 0 Å². The second-order valence-electron chi connectivity index (χ2n) is 4.38.